The Morgan fingerprint density at radius 3 is 2.80 bits per heavy atom. The van der Waals surface area contributed by atoms with E-state index in [1.54, 1.807) is 6.07 Å². The Balaban J connectivity index is 2.45. The molecule has 0 saturated heterocycles. The van der Waals surface area contributed by atoms with Crippen molar-refractivity contribution in [1.82, 2.24) is 0 Å². The molecule has 0 amide bonds. The molecule has 78 valence electrons. The van der Waals surface area contributed by atoms with Gasteiger partial charge in [-0.2, -0.15) is 0 Å². The fourth-order valence-electron chi connectivity index (χ4n) is 1.95. The van der Waals surface area contributed by atoms with E-state index in [2.05, 4.69) is 6.08 Å². The molecule has 0 N–H and O–H groups in total. The first-order chi connectivity index (χ1) is 7.18. The Labute approximate surface area is 94.8 Å². The zero-order chi connectivity index (χ0) is 10.8. The van der Waals surface area contributed by atoms with Gasteiger partial charge in [0, 0.05) is 4.86 Å². The van der Waals surface area contributed by atoms with Crippen molar-refractivity contribution < 1.29 is 4.39 Å². The van der Waals surface area contributed by atoms with E-state index >= 15 is 0 Å². The third-order valence-corrected chi connectivity index (χ3v) is 3.16. The van der Waals surface area contributed by atoms with Crippen LogP contribution in [0.2, 0.25) is 0 Å². The van der Waals surface area contributed by atoms with Gasteiger partial charge >= 0.3 is 0 Å². The topological polar surface area (TPSA) is 0 Å². The Morgan fingerprint density at radius 2 is 2.13 bits per heavy atom. The fraction of sp³-hybridized carbons (Fsp3) is 0.308. The van der Waals surface area contributed by atoms with Gasteiger partial charge in [-0.15, -0.1) is 0 Å². The molecule has 0 unspecified atom stereocenters. The van der Waals surface area contributed by atoms with Crippen molar-refractivity contribution in [3.63, 3.8) is 0 Å². The summed E-state index contributed by atoms with van der Waals surface area (Å²) in [4.78, 5) is 1.01. The van der Waals surface area contributed by atoms with Gasteiger partial charge in [0.15, 0.2) is 0 Å². The van der Waals surface area contributed by atoms with Crippen molar-refractivity contribution in [2.45, 2.75) is 26.2 Å². The standard InChI is InChI=1S/C13H13FS/c1-9-8-10(14)6-7-11(9)12-4-2-3-5-13(12)15/h4,6-8H,2-3,5H2,1H3. The lowest BCUT2D eigenvalue weighted by atomic mass is 9.91. The Kier molecular flexibility index (Phi) is 2.96. The smallest absolute Gasteiger partial charge is 0.123 e. The second-order valence-corrected chi connectivity index (χ2v) is 4.39. The highest BCUT2D eigenvalue weighted by atomic mass is 32.1. The number of aryl methyl sites for hydroxylation is 1. The van der Waals surface area contributed by atoms with Gasteiger partial charge in [0.25, 0.3) is 0 Å². The molecule has 0 fully saturated rings. The summed E-state index contributed by atoms with van der Waals surface area (Å²) >= 11 is 5.34. The van der Waals surface area contributed by atoms with Crippen molar-refractivity contribution in [2.24, 2.45) is 0 Å². The molecule has 0 bridgehead atoms. The first kappa shape index (κ1) is 10.5. The first-order valence-corrected chi connectivity index (χ1v) is 5.59. The molecule has 0 saturated carbocycles. The van der Waals surface area contributed by atoms with Gasteiger partial charge in [-0.25, -0.2) is 4.39 Å². The Hall–Kier alpha value is -1.02. The minimum Gasteiger partial charge on any atom is -0.207 e. The van der Waals surface area contributed by atoms with E-state index in [9.17, 15) is 4.39 Å². The summed E-state index contributed by atoms with van der Waals surface area (Å²) in [5.41, 5.74) is 3.18. The summed E-state index contributed by atoms with van der Waals surface area (Å²) in [7, 11) is 0. The highest BCUT2D eigenvalue weighted by Gasteiger charge is 2.13. The van der Waals surface area contributed by atoms with Crippen LogP contribution >= 0.6 is 12.2 Å². The monoisotopic (exact) mass is 220 g/mol. The summed E-state index contributed by atoms with van der Waals surface area (Å²) in [5.74, 6) is -0.182. The molecule has 2 rings (SSSR count). The van der Waals surface area contributed by atoms with Crippen LogP contribution in [0, 0.1) is 12.7 Å². The van der Waals surface area contributed by atoms with Crippen molar-refractivity contribution >= 4 is 22.7 Å². The highest BCUT2D eigenvalue weighted by molar-refractivity contribution is 7.81. The Bertz CT molecular complexity index is 432. The lowest BCUT2D eigenvalue weighted by molar-refractivity contribution is 0.626. The third kappa shape index (κ3) is 2.15. The molecule has 0 atom stereocenters. The molecular formula is C13H13FS. The molecule has 0 spiro atoms. The number of hydrogen-bond acceptors (Lipinski definition) is 1. The molecule has 0 nitrogen and oxygen atoms in total. The predicted molar refractivity (Wildman–Crippen MR) is 65.6 cm³/mol. The molecule has 1 aliphatic rings. The third-order valence-electron chi connectivity index (χ3n) is 2.74. The maximum atomic E-state index is 13.0. The van der Waals surface area contributed by atoms with Gasteiger partial charge in [-0.05, 0) is 55.0 Å². The van der Waals surface area contributed by atoms with E-state index in [1.165, 1.54) is 6.07 Å². The van der Waals surface area contributed by atoms with Crippen LogP contribution in [0.5, 0.6) is 0 Å². The van der Waals surface area contributed by atoms with Crippen molar-refractivity contribution in [2.75, 3.05) is 0 Å². The van der Waals surface area contributed by atoms with Gasteiger partial charge in [0.2, 0.25) is 0 Å². The molecule has 1 aromatic rings. The molecule has 2 heteroatoms. The molecule has 0 heterocycles. The lowest BCUT2D eigenvalue weighted by Gasteiger charge is -2.16. The van der Waals surface area contributed by atoms with E-state index in [0.717, 1.165) is 40.8 Å². The van der Waals surface area contributed by atoms with E-state index in [-0.39, 0.29) is 5.82 Å². The van der Waals surface area contributed by atoms with Gasteiger partial charge in [-0.3, -0.25) is 0 Å². The van der Waals surface area contributed by atoms with E-state index in [0.29, 0.717) is 0 Å². The average Bonchev–Trinajstić information content (AvgIpc) is 2.20. The van der Waals surface area contributed by atoms with Crippen LogP contribution in [0.25, 0.3) is 5.57 Å². The second kappa shape index (κ2) is 4.23. The number of thiocarbonyl (C=S) groups is 1. The van der Waals surface area contributed by atoms with Crippen LogP contribution in [0.3, 0.4) is 0 Å². The van der Waals surface area contributed by atoms with Gasteiger partial charge in [0.05, 0.1) is 0 Å². The molecular weight excluding hydrogens is 207 g/mol. The maximum Gasteiger partial charge on any atom is 0.123 e. The summed E-state index contributed by atoms with van der Waals surface area (Å²) < 4.78 is 13.0. The normalized spacial score (nSPS) is 16.4. The highest BCUT2D eigenvalue weighted by Crippen LogP contribution is 2.27. The maximum absolute atomic E-state index is 13.0. The zero-order valence-electron chi connectivity index (χ0n) is 8.72. The van der Waals surface area contributed by atoms with Crippen LogP contribution in [-0.4, -0.2) is 4.86 Å². The van der Waals surface area contributed by atoms with E-state index in [1.807, 2.05) is 13.0 Å². The predicted octanol–water partition coefficient (Wildman–Crippen LogP) is 4.07. The van der Waals surface area contributed by atoms with Gasteiger partial charge in [-0.1, -0.05) is 24.4 Å². The van der Waals surface area contributed by atoms with Crippen LogP contribution in [0.4, 0.5) is 4.39 Å². The summed E-state index contributed by atoms with van der Waals surface area (Å²) in [5, 5.41) is 0. The van der Waals surface area contributed by atoms with Crippen molar-refractivity contribution in [3.8, 4) is 0 Å². The largest absolute Gasteiger partial charge is 0.207 e. The van der Waals surface area contributed by atoms with Crippen LogP contribution < -0.4 is 0 Å². The SMILES string of the molecule is Cc1cc(F)ccc1C1=CCCCC1=S. The first-order valence-electron chi connectivity index (χ1n) is 5.18. The lowest BCUT2D eigenvalue weighted by Crippen LogP contribution is -2.05. The molecule has 0 aliphatic heterocycles. The quantitative estimate of drug-likeness (QED) is 0.643. The summed E-state index contributed by atoms with van der Waals surface area (Å²) in [6, 6.07) is 4.89. The molecule has 0 aromatic heterocycles. The van der Waals surface area contributed by atoms with Crippen LogP contribution in [0.1, 0.15) is 30.4 Å². The second-order valence-electron chi connectivity index (χ2n) is 3.89. The van der Waals surface area contributed by atoms with Crippen molar-refractivity contribution in [1.29, 1.82) is 0 Å². The number of hydrogen-bond donors (Lipinski definition) is 0. The minimum absolute atomic E-state index is 0.182. The minimum atomic E-state index is -0.182. The number of rotatable bonds is 1. The zero-order valence-corrected chi connectivity index (χ0v) is 9.53. The average molecular weight is 220 g/mol. The number of halogens is 1. The molecule has 1 aliphatic carbocycles. The summed E-state index contributed by atoms with van der Waals surface area (Å²) in [6.07, 6.45) is 5.37. The van der Waals surface area contributed by atoms with Gasteiger partial charge < -0.3 is 0 Å². The van der Waals surface area contributed by atoms with Crippen LogP contribution in [-0.2, 0) is 0 Å². The van der Waals surface area contributed by atoms with Crippen LogP contribution in [0.15, 0.2) is 24.3 Å². The van der Waals surface area contributed by atoms with Gasteiger partial charge in [0.1, 0.15) is 5.82 Å². The number of benzene rings is 1. The Morgan fingerprint density at radius 1 is 1.33 bits per heavy atom. The number of allylic oxidation sites excluding steroid dienone is 2. The van der Waals surface area contributed by atoms with E-state index < -0.39 is 0 Å². The molecule has 15 heavy (non-hydrogen) atoms. The molecule has 1 aromatic carbocycles. The van der Waals surface area contributed by atoms with Crippen molar-refractivity contribution in [3.05, 3.63) is 41.2 Å². The fourth-order valence-corrected chi connectivity index (χ4v) is 2.28. The molecule has 0 radical (unpaired) electrons. The summed E-state index contributed by atoms with van der Waals surface area (Å²) in [6.45, 7) is 1.93. The van der Waals surface area contributed by atoms with E-state index in [4.69, 9.17) is 12.2 Å².